The van der Waals surface area contributed by atoms with Gasteiger partial charge < -0.3 is 4.98 Å². The fraction of sp³-hybridized carbons (Fsp3) is 0. The molecule has 2 rings (SSSR count). The molecule has 0 aliphatic carbocycles. The zero-order chi connectivity index (χ0) is 9.97. The van der Waals surface area contributed by atoms with Gasteiger partial charge in [-0.05, 0) is 12.1 Å². The molecule has 0 aliphatic rings. The maximum Gasteiger partial charge on any atom is 0.266 e. The van der Waals surface area contributed by atoms with Gasteiger partial charge in [0, 0.05) is 11.6 Å². The second-order valence-corrected chi connectivity index (χ2v) is 2.81. The van der Waals surface area contributed by atoms with Crippen LogP contribution in [0.3, 0.4) is 0 Å². The van der Waals surface area contributed by atoms with Crippen LogP contribution in [0.1, 0.15) is 10.4 Å². The number of rotatable bonds is 1. The first-order valence-corrected chi connectivity index (χ1v) is 4.08. The predicted octanol–water partition coefficient (Wildman–Crippen LogP) is 1.38. The summed E-state index contributed by atoms with van der Waals surface area (Å²) in [5.41, 5.74) is 1.23. The summed E-state index contributed by atoms with van der Waals surface area (Å²) in [5.74, 6) is -0.388. The van der Waals surface area contributed by atoms with Crippen LogP contribution in [-0.4, -0.2) is 10.9 Å². The Morgan fingerprint density at radius 1 is 1.43 bits per heavy atom. The highest BCUT2D eigenvalue weighted by Gasteiger charge is 2.09. The monoisotopic (exact) mass is 185 g/mol. The highest BCUT2D eigenvalue weighted by Crippen LogP contribution is 2.16. The number of hydrogen-bond acceptors (Lipinski definition) is 2. The standard InChI is InChI=1S/C10H7N3O/c11-6-13-10(14)8-3-1-2-7-4-5-12-9(7)8/h1-5,12H,(H,13,14). The highest BCUT2D eigenvalue weighted by atomic mass is 16.1. The van der Waals surface area contributed by atoms with Gasteiger partial charge in [-0.15, -0.1) is 0 Å². The molecule has 0 unspecified atom stereocenters. The van der Waals surface area contributed by atoms with Crippen molar-refractivity contribution >= 4 is 16.8 Å². The van der Waals surface area contributed by atoms with E-state index in [0.29, 0.717) is 5.56 Å². The SMILES string of the molecule is N#CNC(=O)c1cccc2cc[nH]c12. The largest absolute Gasteiger partial charge is 0.361 e. The molecule has 2 aromatic rings. The fourth-order valence-corrected chi connectivity index (χ4v) is 1.39. The first-order valence-electron chi connectivity index (χ1n) is 4.08. The number of nitrogens with zero attached hydrogens (tertiary/aromatic N) is 1. The summed E-state index contributed by atoms with van der Waals surface area (Å²) in [5, 5.41) is 11.4. The number of amides is 1. The smallest absolute Gasteiger partial charge is 0.266 e. The Balaban J connectivity index is 2.57. The molecule has 0 atom stereocenters. The van der Waals surface area contributed by atoms with E-state index in [-0.39, 0.29) is 5.91 Å². The van der Waals surface area contributed by atoms with Crippen molar-refractivity contribution in [2.75, 3.05) is 0 Å². The number of benzene rings is 1. The van der Waals surface area contributed by atoms with Gasteiger partial charge in [0.2, 0.25) is 0 Å². The van der Waals surface area contributed by atoms with Crippen molar-refractivity contribution in [1.82, 2.24) is 10.3 Å². The quantitative estimate of drug-likeness (QED) is 0.520. The van der Waals surface area contributed by atoms with Crippen LogP contribution in [-0.2, 0) is 0 Å². The van der Waals surface area contributed by atoms with Crippen molar-refractivity contribution in [3.8, 4) is 6.19 Å². The molecule has 1 aromatic heterocycles. The molecule has 4 nitrogen and oxygen atoms in total. The molecule has 0 radical (unpaired) electrons. The van der Waals surface area contributed by atoms with E-state index in [1.54, 1.807) is 24.5 Å². The lowest BCUT2D eigenvalue weighted by Gasteiger charge is -1.99. The molecule has 0 bridgehead atoms. The number of aromatic nitrogens is 1. The number of aromatic amines is 1. The molecular formula is C10H7N3O. The Labute approximate surface area is 80.2 Å². The van der Waals surface area contributed by atoms with Gasteiger partial charge in [0.05, 0.1) is 11.1 Å². The summed E-state index contributed by atoms with van der Waals surface area (Å²) in [6.07, 6.45) is 3.37. The summed E-state index contributed by atoms with van der Waals surface area (Å²) < 4.78 is 0. The average Bonchev–Trinajstić information content (AvgIpc) is 2.65. The second-order valence-electron chi connectivity index (χ2n) is 2.81. The number of nitrogens with one attached hydrogen (secondary N) is 2. The maximum absolute atomic E-state index is 11.4. The molecule has 0 aliphatic heterocycles. The third-order valence-electron chi connectivity index (χ3n) is 2.00. The number of carbonyl (C=O) groups is 1. The van der Waals surface area contributed by atoms with Crippen LogP contribution in [0.25, 0.3) is 10.9 Å². The third-order valence-corrected chi connectivity index (χ3v) is 2.00. The lowest BCUT2D eigenvalue weighted by molar-refractivity contribution is 0.0974. The molecule has 2 N–H and O–H groups in total. The van der Waals surface area contributed by atoms with E-state index in [2.05, 4.69) is 10.3 Å². The molecule has 0 fully saturated rings. The normalized spacial score (nSPS) is 9.64. The van der Waals surface area contributed by atoms with Crippen LogP contribution >= 0.6 is 0 Å². The number of H-pyrrole nitrogens is 1. The van der Waals surface area contributed by atoms with Crippen molar-refractivity contribution in [2.24, 2.45) is 0 Å². The van der Waals surface area contributed by atoms with E-state index in [9.17, 15) is 4.79 Å². The number of nitriles is 1. The summed E-state index contributed by atoms with van der Waals surface area (Å²) in [6.45, 7) is 0. The van der Waals surface area contributed by atoms with Crippen molar-refractivity contribution in [3.05, 3.63) is 36.0 Å². The van der Waals surface area contributed by atoms with E-state index in [4.69, 9.17) is 5.26 Å². The van der Waals surface area contributed by atoms with Crippen LogP contribution in [0.2, 0.25) is 0 Å². The molecular weight excluding hydrogens is 178 g/mol. The third kappa shape index (κ3) is 1.21. The predicted molar refractivity (Wildman–Crippen MR) is 51.4 cm³/mol. The minimum absolute atomic E-state index is 0.388. The molecule has 0 spiro atoms. The lowest BCUT2D eigenvalue weighted by Crippen LogP contribution is -2.17. The molecule has 1 heterocycles. The lowest BCUT2D eigenvalue weighted by atomic mass is 10.1. The topological polar surface area (TPSA) is 68.7 Å². The summed E-state index contributed by atoms with van der Waals surface area (Å²) in [4.78, 5) is 14.4. The van der Waals surface area contributed by atoms with Gasteiger partial charge in [0.15, 0.2) is 6.19 Å². The number of para-hydroxylation sites is 1. The second kappa shape index (κ2) is 3.23. The van der Waals surface area contributed by atoms with E-state index < -0.39 is 0 Å². The van der Waals surface area contributed by atoms with Gasteiger partial charge in [-0.2, -0.15) is 5.26 Å². The van der Waals surface area contributed by atoms with Crippen molar-refractivity contribution in [2.45, 2.75) is 0 Å². The maximum atomic E-state index is 11.4. The molecule has 68 valence electrons. The van der Waals surface area contributed by atoms with Gasteiger partial charge in [-0.1, -0.05) is 12.1 Å². The Hall–Kier alpha value is -2.28. The first kappa shape index (κ1) is 8.32. The Morgan fingerprint density at radius 3 is 3.07 bits per heavy atom. The van der Waals surface area contributed by atoms with E-state index in [0.717, 1.165) is 10.9 Å². The Bertz CT molecular complexity index is 521. The average molecular weight is 185 g/mol. The van der Waals surface area contributed by atoms with Crippen molar-refractivity contribution in [3.63, 3.8) is 0 Å². The van der Waals surface area contributed by atoms with Crippen LogP contribution in [0, 0.1) is 11.5 Å². The molecule has 0 saturated carbocycles. The van der Waals surface area contributed by atoms with Gasteiger partial charge in [0.25, 0.3) is 5.91 Å². The van der Waals surface area contributed by atoms with Crippen molar-refractivity contribution < 1.29 is 4.79 Å². The van der Waals surface area contributed by atoms with Gasteiger partial charge in [-0.3, -0.25) is 10.1 Å². The van der Waals surface area contributed by atoms with E-state index in [1.165, 1.54) is 0 Å². The summed E-state index contributed by atoms with van der Waals surface area (Å²) in [6, 6.07) is 7.22. The zero-order valence-electron chi connectivity index (χ0n) is 7.24. The summed E-state index contributed by atoms with van der Waals surface area (Å²) >= 11 is 0. The number of carbonyl (C=O) groups excluding carboxylic acids is 1. The van der Waals surface area contributed by atoms with Gasteiger partial charge >= 0.3 is 0 Å². The molecule has 0 saturated heterocycles. The Kier molecular flexibility index (Phi) is 1.92. The van der Waals surface area contributed by atoms with E-state index in [1.807, 2.05) is 12.1 Å². The van der Waals surface area contributed by atoms with Gasteiger partial charge in [-0.25, -0.2) is 0 Å². The summed E-state index contributed by atoms with van der Waals surface area (Å²) in [7, 11) is 0. The molecule has 1 aromatic carbocycles. The van der Waals surface area contributed by atoms with Gasteiger partial charge in [0.1, 0.15) is 0 Å². The minimum Gasteiger partial charge on any atom is -0.361 e. The van der Waals surface area contributed by atoms with Crippen molar-refractivity contribution in [1.29, 1.82) is 5.26 Å². The number of hydrogen-bond donors (Lipinski definition) is 2. The fourth-order valence-electron chi connectivity index (χ4n) is 1.39. The van der Waals surface area contributed by atoms with E-state index >= 15 is 0 Å². The van der Waals surface area contributed by atoms with Crippen LogP contribution in [0.15, 0.2) is 30.5 Å². The number of fused-ring (bicyclic) bond motifs is 1. The minimum atomic E-state index is -0.388. The highest BCUT2D eigenvalue weighted by molar-refractivity contribution is 6.06. The van der Waals surface area contributed by atoms with Crippen LogP contribution in [0.4, 0.5) is 0 Å². The Morgan fingerprint density at radius 2 is 2.29 bits per heavy atom. The van der Waals surface area contributed by atoms with Crippen LogP contribution < -0.4 is 5.32 Å². The first-order chi connectivity index (χ1) is 6.83. The molecule has 1 amide bonds. The zero-order valence-corrected chi connectivity index (χ0v) is 7.24. The molecule has 4 heteroatoms. The molecule has 14 heavy (non-hydrogen) atoms. The van der Waals surface area contributed by atoms with Crippen LogP contribution in [0.5, 0.6) is 0 Å².